The summed E-state index contributed by atoms with van der Waals surface area (Å²) < 4.78 is 4.80. The van der Waals surface area contributed by atoms with Gasteiger partial charge in [-0.2, -0.15) is 0 Å². The molecule has 1 aliphatic rings. The summed E-state index contributed by atoms with van der Waals surface area (Å²) >= 11 is 0. The molecule has 0 amide bonds. The molecule has 0 aliphatic carbocycles. The van der Waals surface area contributed by atoms with Crippen LogP contribution in [0.25, 0.3) is 0 Å². The van der Waals surface area contributed by atoms with Crippen molar-refractivity contribution < 1.29 is 19.7 Å². The van der Waals surface area contributed by atoms with E-state index in [2.05, 4.69) is 0 Å². The summed E-state index contributed by atoms with van der Waals surface area (Å²) in [5.41, 5.74) is 0. The molecular formula is C8H15NO4. The zero-order valence-corrected chi connectivity index (χ0v) is 7.48. The average molecular weight is 189 g/mol. The van der Waals surface area contributed by atoms with Gasteiger partial charge in [0.1, 0.15) is 6.04 Å². The Labute approximate surface area is 76.9 Å². The molecule has 1 heterocycles. The van der Waals surface area contributed by atoms with Crippen molar-refractivity contribution in [2.45, 2.75) is 12.5 Å². The Morgan fingerprint density at radius 1 is 1.38 bits per heavy atom. The maximum atomic E-state index is 11.1. The Morgan fingerprint density at radius 2 is 2.00 bits per heavy atom. The Morgan fingerprint density at radius 3 is 2.38 bits per heavy atom. The van der Waals surface area contributed by atoms with Crippen LogP contribution in [0.15, 0.2) is 0 Å². The van der Waals surface area contributed by atoms with E-state index < -0.39 is 0 Å². The number of nitrogens with zero attached hydrogens (tertiary/aromatic N) is 1. The second kappa shape index (κ2) is 5.16. The molecule has 0 radical (unpaired) electrons. The van der Waals surface area contributed by atoms with Crippen LogP contribution in [-0.2, 0) is 9.53 Å². The molecule has 1 fully saturated rings. The first-order valence-corrected chi connectivity index (χ1v) is 4.42. The number of aliphatic hydroxyl groups is 2. The van der Waals surface area contributed by atoms with Gasteiger partial charge < -0.3 is 14.9 Å². The van der Waals surface area contributed by atoms with Crippen LogP contribution >= 0.6 is 0 Å². The standard InChI is InChI=1S/C8H15NO4/c10-4-2-9(3-5-11)7-1-6-13-8(7)12/h7,10-11H,1-6H2. The highest BCUT2D eigenvalue weighted by molar-refractivity contribution is 5.77. The lowest BCUT2D eigenvalue weighted by Crippen LogP contribution is -2.41. The van der Waals surface area contributed by atoms with Crippen molar-refractivity contribution in [2.75, 3.05) is 32.9 Å². The van der Waals surface area contributed by atoms with Crippen LogP contribution in [0.5, 0.6) is 0 Å². The van der Waals surface area contributed by atoms with Gasteiger partial charge in [0, 0.05) is 19.5 Å². The highest BCUT2D eigenvalue weighted by Gasteiger charge is 2.31. The first-order chi connectivity index (χ1) is 6.29. The van der Waals surface area contributed by atoms with Crippen molar-refractivity contribution in [2.24, 2.45) is 0 Å². The van der Waals surface area contributed by atoms with E-state index >= 15 is 0 Å². The van der Waals surface area contributed by atoms with Crippen LogP contribution in [0.4, 0.5) is 0 Å². The van der Waals surface area contributed by atoms with Gasteiger partial charge in [0.2, 0.25) is 0 Å². The lowest BCUT2D eigenvalue weighted by atomic mass is 10.2. The molecule has 13 heavy (non-hydrogen) atoms. The minimum absolute atomic E-state index is 0.0101. The molecule has 5 nitrogen and oxygen atoms in total. The molecule has 0 aromatic rings. The van der Waals surface area contributed by atoms with E-state index in [-0.39, 0.29) is 25.2 Å². The third-order valence-corrected chi connectivity index (χ3v) is 2.12. The number of hydrogen-bond donors (Lipinski definition) is 2. The van der Waals surface area contributed by atoms with E-state index in [1.54, 1.807) is 4.90 Å². The molecule has 1 aliphatic heterocycles. The van der Waals surface area contributed by atoms with Crippen LogP contribution in [0, 0.1) is 0 Å². The fourth-order valence-corrected chi connectivity index (χ4v) is 1.50. The van der Waals surface area contributed by atoms with Crippen LogP contribution in [0.3, 0.4) is 0 Å². The zero-order valence-electron chi connectivity index (χ0n) is 7.48. The second-order valence-corrected chi connectivity index (χ2v) is 2.96. The fourth-order valence-electron chi connectivity index (χ4n) is 1.50. The predicted molar refractivity (Wildman–Crippen MR) is 45.1 cm³/mol. The highest BCUT2D eigenvalue weighted by atomic mass is 16.5. The van der Waals surface area contributed by atoms with E-state index in [0.717, 1.165) is 0 Å². The van der Waals surface area contributed by atoms with Crippen molar-refractivity contribution >= 4 is 5.97 Å². The van der Waals surface area contributed by atoms with Gasteiger partial charge in [-0.1, -0.05) is 0 Å². The van der Waals surface area contributed by atoms with Gasteiger partial charge in [-0.05, 0) is 0 Å². The number of carbonyl (C=O) groups is 1. The topological polar surface area (TPSA) is 70.0 Å². The van der Waals surface area contributed by atoms with Gasteiger partial charge in [-0.25, -0.2) is 0 Å². The summed E-state index contributed by atoms with van der Waals surface area (Å²) in [5.74, 6) is -0.248. The van der Waals surface area contributed by atoms with Crippen molar-refractivity contribution in [1.82, 2.24) is 4.90 Å². The molecule has 1 rings (SSSR count). The molecule has 0 saturated carbocycles. The van der Waals surface area contributed by atoms with Gasteiger partial charge in [0.15, 0.2) is 0 Å². The molecule has 0 bridgehead atoms. The number of aliphatic hydroxyl groups excluding tert-OH is 2. The predicted octanol–water partition coefficient (Wildman–Crippen LogP) is -1.41. The summed E-state index contributed by atoms with van der Waals surface area (Å²) in [6.07, 6.45) is 0.652. The Hall–Kier alpha value is -0.650. The summed E-state index contributed by atoms with van der Waals surface area (Å²) in [7, 11) is 0. The van der Waals surface area contributed by atoms with E-state index in [1.807, 2.05) is 0 Å². The van der Waals surface area contributed by atoms with E-state index in [4.69, 9.17) is 14.9 Å². The maximum Gasteiger partial charge on any atom is 0.323 e. The third kappa shape index (κ3) is 2.65. The lowest BCUT2D eigenvalue weighted by Gasteiger charge is -2.23. The van der Waals surface area contributed by atoms with E-state index in [9.17, 15) is 4.79 Å². The molecule has 1 saturated heterocycles. The fraction of sp³-hybridized carbons (Fsp3) is 0.875. The molecule has 0 aromatic carbocycles. The normalized spacial score (nSPS) is 22.4. The summed E-state index contributed by atoms with van der Waals surface area (Å²) in [4.78, 5) is 12.9. The third-order valence-electron chi connectivity index (χ3n) is 2.12. The summed E-state index contributed by atoms with van der Waals surface area (Å²) in [5, 5.41) is 17.5. The van der Waals surface area contributed by atoms with Crippen molar-refractivity contribution in [3.8, 4) is 0 Å². The molecule has 1 atom stereocenters. The second-order valence-electron chi connectivity index (χ2n) is 2.96. The monoisotopic (exact) mass is 189 g/mol. The van der Waals surface area contributed by atoms with Crippen LogP contribution in [-0.4, -0.2) is 60.0 Å². The van der Waals surface area contributed by atoms with Crippen LogP contribution in [0.1, 0.15) is 6.42 Å². The number of cyclic esters (lactones) is 1. The Kier molecular flexibility index (Phi) is 4.14. The molecule has 1 unspecified atom stereocenters. The maximum absolute atomic E-state index is 11.1. The molecule has 2 N–H and O–H groups in total. The Balaban J connectivity index is 2.47. The zero-order chi connectivity index (χ0) is 9.68. The highest BCUT2D eigenvalue weighted by Crippen LogP contribution is 2.13. The summed E-state index contributed by atoms with van der Waals surface area (Å²) in [6.45, 7) is 1.23. The van der Waals surface area contributed by atoms with Crippen molar-refractivity contribution in [3.05, 3.63) is 0 Å². The molecule has 0 aromatic heterocycles. The van der Waals surface area contributed by atoms with Crippen molar-refractivity contribution in [1.29, 1.82) is 0 Å². The lowest BCUT2D eigenvalue weighted by molar-refractivity contribution is -0.142. The number of esters is 1. The van der Waals surface area contributed by atoms with Gasteiger partial charge in [-0.3, -0.25) is 9.69 Å². The average Bonchev–Trinajstić information content (AvgIpc) is 2.51. The largest absolute Gasteiger partial charge is 0.464 e. The van der Waals surface area contributed by atoms with Gasteiger partial charge in [0.25, 0.3) is 0 Å². The van der Waals surface area contributed by atoms with Crippen molar-refractivity contribution in [3.63, 3.8) is 0 Å². The number of carbonyl (C=O) groups excluding carboxylic acids is 1. The number of hydrogen-bond acceptors (Lipinski definition) is 5. The Bertz CT molecular complexity index is 168. The smallest absolute Gasteiger partial charge is 0.323 e. The van der Waals surface area contributed by atoms with Gasteiger partial charge >= 0.3 is 5.97 Å². The first kappa shape index (κ1) is 10.4. The number of rotatable bonds is 5. The molecule has 5 heteroatoms. The minimum atomic E-state index is -0.278. The molecular weight excluding hydrogens is 174 g/mol. The number of ether oxygens (including phenoxy) is 1. The quantitative estimate of drug-likeness (QED) is 0.520. The summed E-state index contributed by atoms with van der Waals surface area (Å²) in [6, 6.07) is -0.278. The van der Waals surface area contributed by atoms with Crippen LogP contribution in [0.2, 0.25) is 0 Å². The molecule has 0 spiro atoms. The van der Waals surface area contributed by atoms with Gasteiger partial charge in [0.05, 0.1) is 19.8 Å². The van der Waals surface area contributed by atoms with Crippen LogP contribution < -0.4 is 0 Å². The SMILES string of the molecule is O=C1OCCC1N(CCO)CCO. The van der Waals surface area contributed by atoms with Gasteiger partial charge in [-0.15, -0.1) is 0 Å². The first-order valence-electron chi connectivity index (χ1n) is 4.42. The van der Waals surface area contributed by atoms with E-state index in [1.165, 1.54) is 0 Å². The molecule has 76 valence electrons. The van der Waals surface area contributed by atoms with E-state index in [0.29, 0.717) is 26.1 Å². The minimum Gasteiger partial charge on any atom is -0.464 e.